The Hall–Kier alpha value is -4.28. The number of benzene rings is 2. The Kier molecular flexibility index (Phi) is 12.2. The van der Waals surface area contributed by atoms with Crippen molar-refractivity contribution in [3.05, 3.63) is 58.1 Å². The van der Waals surface area contributed by atoms with Gasteiger partial charge < -0.3 is 46.2 Å². The van der Waals surface area contributed by atoms with Crippen molar-refractivity contribution in [3.8, 4) is 0 Å². The Morgan fingerprint density at radius 3 is 2.43 bits per heavy atom. The third-order valence-electron chi connectivity index (χ3n) is 9.69. The maximum atomic E-state index is 13.7. The number of nitrogens with one attached hydrogen (secondary N) is 3. The molecule has 0 bridgehead atoms. The molecule has 4 amide bonds. The predicted octanol–water partition coefficient (Wildman–Crippen LogP) is 3.80. The maximum Gasteiger partial charge on any atom is 0.418 e. The fourth-order valence-electron chi connectivity index (χ4n) is 6.72. The summed E-state index contributed by atoms with van der Waals surface area (Å²) >= 11 is 6.03. The Labute approximate surface area is 298 Å². The molecule has 0 spiro atoms. The van der Waals surface area contributed by atoms with Crippen LogP contribution in [-0.4, -0.2) is 114 Å². The number of carboxylic acid groups (broad SMARTS) is 1. The Bertz CT molecular complexity index is 1600. The highest BCUT2D eigenvalue weighted by Gasteiger charge is 2.37. The van der Waals surface area contributed by atoms with Gasteiger partial charge in [0.2, 0.25) is 0 Å². The van der Waals surface area contributed by atoms with Crippen LogP contribution in [0.5, 0.6) is 0 Å². The van der Waals surface area contributed by atoms with Gasteiger partial charge in [-0.25, -0.2) is 9.59 Å². The van der Waals surface area contributed by atoms with E-state index in [9.17, 15) is 37.5 Å². The molecule has 51 heavy (non-hydrogen) atoms. The topological polar surface area (TPSA) is 170 Å². The number of fused-ring (bicyclic) bond motifs is 1. The van der Waals surface area contributed by atoms with Crippen LogP contribution in [0.3, 0.4) is 0 Å². The average molecular weight is 738 g/mol. The highest BCUT2D eigenvalue weighted by Crippen LogP contribution is 2.38. The van der Waals surface area contributed by atoms with Gasteiger partial charge in [0.25, 0.3) is 5.91 Å². The molecular weight excluding hydrogens is 695 g/mol. The summed E-state index contributed by atoms with van der Waals surface area (Å²) in [5, 5.41) is 18.0. The molecule has 2 atom stereocenters. The van der Waals surface area contributed by atoms with E-state index in [4.69, 9.17) is 22.1 Å². The number of ether oxygens (including phenoxy) is 1. The van der Waals surface area contributed by atoms with Crippen LogP contribution in [0.15, 0.2) is 36.4 Å². The molecule has 3 heterocycles. The number of carbonyl (C=O) groups excluding carboxylic acids is 3. The number of nitrogens with zero attached hydrogens (tertiary/aromatic N) is 3. The molecule has 0 unspecified atom stereocenters. The number of halogens is 4. The molecule has 2 aromatic rings. The molecule has 2 aromatic carbocycles. The number of rotatable bonds is 10. The first-order valence-electron chi connectivity index (χ1n) is 16.9. The number of piperidine rings is 2. The van der Waals surface area contributed by atoms with Gasteiger partial charge in [0, 0.05) is 50.4 Å². The number of carbonyl (C=O) groups is 4. The van der Waals surface area contributed by atoms with Gasteiger partial charge in [0.05, 0.1) is 16.3 Å². The fourth-order valence-corrected chi connectivity index (χ4v) is 6.96. The smallest absolute Gasteiger partial charge is 0.418 e. The van der Waals surface area contributed by atoms with Gasteiger partial charge in [0.15, 0.2) is 6.10 Å². The lowest BCUT2D eigenvalue weighted by molar-refractivity contribution is -0.140. The highest BCUT2D eigenvalue weighted by molar-refractivity contribution is 6.33. The van der Waals surface area contributed by atoms with Crippen LogP contribution in [0.1, 0.15) is 42.4 Å². The number of aliphatic carboxylic acids is 1. The number of nitrogens with two attached hydrogens (primary N) is 1. The number of urea groups is 1. The number of hydrogen-bond acceptors (Lipinski definition) is 8. The maximum absolute atomic E-state index is 13.7. The first kappa shape index (κ1) is 38.0. The standard InChI is InChI=1S/C34H43ClF3N7O6/c1-43-11-7-22(8-12-43)41-27(31(47)48)19-40-30(46)28(18-20-16-24(34(36,37)38)29(39)25(35)17-20)51-33(50)44-13-9-23(10-14-44)45-15-6-21-4-2-3-5-26(21)42-32(45)49/h2-5,16-17,22-23,27-28,41H,6-15,18-19,39H2,1H3,(H,40,46)(H,42,49)(H,47,48)/t27-,28+/m0/s1. The molecule has 5 rings (SSSR count). The molecule has 0 aromatic heterocycles. The van der Waals surface area contributed by atoms with Crippen molar-refractivity contribution in [3.63, 3.8) is 0 Å². The van der Waals surface area contributed by atoms with E-state index in [1.165, 1.54) is 4.90 Å². The zero-order chi connectivity index (χ0) is 36.9. The summed E-state index contributed by atoms with van der Waals surface area (Å²) in [5.41, 5.74) is 5.42. The molecule has 0 radical (unpaired) electrons. The highest BCUT2D eigenvalue weighted by atomic mass is 35.5. The summed E-state index contributed by atoms with van der Waals surface area (Å²) in [5.74, 6) is -2.09. The van der Waals surface area contributed by atoms with E-state index < -0.39 is 54.0 Å². The molecular formula is C34H43ClF3N7O6. The lowest BCUT2D eigenvalue weighted by Crippen LogP contribution is -2.54. The largest absolute Gasteiger partial charge is 0.480 e. The van der Waals surface area contributed by atoms with Crippen molar-refractivity contribution in [1.82, 2.24) is 25.3 Å². The summed E-state index contributed by atoms with van der Waals surface area (Å²) in [6, 6.07) is 7.82. The first-order valence-corrected chi connectivity index (χ1v) is 17.3. The average Bonchev–Trinajstić information content (AvgIpc) is 3.25. The number of alkyl halides is 3. The summed E-state index contributed by atoms with van der Waals surface area (Å²) < 4.78 is 46.8. The van der Waals surface area contributed by atoms with E-state index in [0.717, 1.165) is 36.5 Å². The van der Waals surface area contributed by atoms with Crippen LogP contribution in [0.4, 0.5) is 34.1 Å². The van der Waals surface area contributed by atoms with Crippen LogP contribution in [-0.2, 0) is 33.3 Å². The molecule has 0 saturated carbocycles. The van der Waals surface area contributed by atoms with E-state index >= 15 is 0 Å². The van der Waals surface area contributed by atoms with Gasteiger partial charge in [-0.3, -0.25) is 9.59 Å². The van der Waals surface area contributed by atoms with Crippen molar-refractivity contribution >= 4 is 47.0 Å². The molecule has 6 N–H and O–H groups in total. The van der Waals surface area contributed by atoms with Crippen molar-refractivity contribution in [2.75, 3.05) is 57.4 Å². The number of carboxylic acids is 1. The third kappa shape index (κ3) is 9.74. The quantitative estimate of drug-likeness (QED) is 0.228. The predicted molar refractivity (Wildman–Crippen MR) is 183 cm³/mol. The molecule has 17 heteroatoms. The monoisotopic (exact) mass is 737 g/mol. The number of hydrogen-bond donors (Lipinski definition) is 5. The molecule has 0 aliphatic carbocycles. The minimum absolute atomic E-state index is 0.0689. The van der Waals surface area contributed by atoms with Crippen molar-refractivity contribution in [2.45, 2.75) is 68.9 Å². The Morgan fingerprint density at radius 1 is 1.08 bits per heavy atom. The van der Waals surface area contributed by atoms with Crippen LogP contribution in [0, 0.1) is 0 Å². The SMILES string of the molecule is CN1CCC(N[C@@H](CNC(=O)[C@@H](Cc2cc(Cl)c(N)c(C(F)(F)F)c2)OC(=O)N2CCC(N3CCc4ccccc4NC3=O)CC2)C(=O)O)CC1. The van der Waals surface area contributed by atoms with E-state index in [-0.39, 0.29) is 48.3 Å². The second-order valence-corrected chi connectivity index (χ2v) is 13.6. The molecule has 3 aliphatic rings. The van der Waals surface area contributed by atoms with Gasteiger partial charge in [-0.2, -0.15) is 13.2 Å². The summed E-state index contributed by atoms with van der Waals surface area (Å²) in [6.45, 7) is 2.07. The van der Waals surface area contributed by atoms with Crippen molar-refractivity contribution in [1.29, 1.82) is 0 Å². The van der Waals surface area contributed by atoms with Crippen LogP contribution in [0.2, 0.25) is 5.02 Å². The van der Waals surface area contributed by atoms with Crippen LogP contribution >= 0.6 is 11.6 Å². The lowest BCUT2D eigenvalue weighted by Gasteiger charge is -2.37. The van der Waals surface area contributed by atoms with Crippen LogP contribution < -0.4 is 21.7 Å². The van der Waals surface area contributed by atoms with Gasteiger partial charge in [-0.1, -0.05) is 29.8 Å². The molecule has 13 nitrogen and oxygen atoms in total. The normalized spacial score (nSPS) is 19.0. The zero-order valence-electron chi connectivity index (χ0n) is 28.2. The Balaban J connectivity index is 1.26. The van der Waals surface area contributed by atoms with E-state index in [1.807, 2.05) is 31.3 Å². The third-order valence-corrected chi connectivity index (χ3v) is 10.0. The van der Waals surface area contributed by atoms with Gasteiger partial charge in [0.1, 0.15) is 6.04 Å². The van der Waals surface area contributed by atoms with Crippen molar-refractivity contribution < 1.29 is 42.2 Å². The number of likely N-dealkylation sites (tertiary alicyclic amines) is 2. The summed E-state index contributed by atoms with van der Waals surface area (Å²) in [4.78, 5) is 57.3. The fraction of sp³-hybridized carbons (Fsp3) is 0.529. The van der Waals surface area contributed by atoms with Gasteiger partial charge in [-0.05, 0) is 81.6 Å². The molecule has 3 aliphatic heterocycles. The second-order valence-electron chi connectivity index (χ2n) is 13.2. The van der Waals surface area contributed by atoms with Crippen LogP contribution in [0.25, 0.3) is 0 Å². The first-order chi connectivity index (χ1) is 24.2. The van der Waals surface area contributed by atoms with Gasteiger partial charge in [-0.15, -0.1) is 0 Å². The minimum atomic E-state index is -4.84. The van der Waals surface area contributed by atoms with E-state index in [0.29, 0.717) is 38.6 Å². The molecule has 278 valence electrons. The van der Waals surface area contributed by atoms with E-state index in [1.54, 1.807) is 4.90 Å². The Morgan fingerprint density at radius 2 is 1.76 bits per heavy atom. The number of nitrogen functional groups attached to an aromatic ring is 1. The number of anilines is 2. The molecule has 2 fully saturated rings. The second kappa shape index (κ2) is 16.4. The number of para-hydroxylation sites is 1. The zero-order valence-corrected chi connectivity index (χ0v) is 28.9. The molecule has 2 saturated heterocycles. The lowest BCUT2D eigenvalue weighted by atomic mass is 10.0. The van der Waals surface area contributed by atoms with Crippen molar-refractivity contribution in [2.24, 2.45) is 0 Å². The number of amides is 4. The summed E-state index contributed by atoms with van der Waals surface area (Å²) in [6.07, 6.45) is -4.91. The van der Waals surface area contributed by atoms with Gasteiger partial charge >= 0.3 is 24.3 Å². The summed E-state index contributed by atoms with van der Waals surface area (Å²) in [7, 11) is 1.97. The minimum Gasteiger partial charge on any atom is -0.480 e. The van der Waals surface area contributed by atoms with E-state index in [2.05, 4.69) is 20.9 Å².